The number of hydrogen-bond acceptors (Lipinski definition) is 4. The smallest absolute Gasteiger partial charge is 0.133 e. The third-order valence-corrected chi connectivity index (χ3v) is 6.09. The molecular weight excluding hydrogens is 422 g/mol. The Labute approximate surface area is 194 Å². The normalized spacial score (nSPS) is 14.2. The number of nitrogens with two attached hydrogens (primary N) is 1. The molecule has 0 aromatic heterocycles. The van der Waals surface area contributed by atoms with Crippen molar-refractivity contribution < 1.29 is 14.3 Å². The molecule has 0 aliphatic heterocycles. The Morgan fingerprint density at radius 2 is 1.59 bits per heavy atom. The molecular formula is C27H28ClNO3. The molecule has 1 aliphatic carbocycles. The largest absolute Gasteiger partial charge is 0.457 e. The molecule has 0 atom stereocenters. The Balaban J connectivity index is 1.53. The van der Waals surface area contributed by atoms with E-state index in [1.165, 1.54) is 19.3 Å². The second-order valence-electron chi connectivity index (χ2n) is 8.31. The molecule has 4 rings (SSSR count). The topological polar surface area (TPSA) is 61.5 Å². The highest BCUT2D eigenvalue weighted by molar-refractivity contribution is 6.30. The molecule has 0 unspecified atom stereocenters. The number of halogens is 1. The first kappa shape index (κ1) is 22.2. The molecule has 1 fully saturated rings. The number of carbonyl (C=O) groups excluding carboxylic acids is 1. The summed E-state index contributed by atoms with van der Waals surface area (Å²) in [6, 6.07) is 19.0. The van der Waals surface area contributed by atoms with Crippen LogP contribution in [0.5, 0.6) is 23.0 Å². The Morgan fingerprint density at radius 1 is 0.875 bits per heavy atom. The second kappa shape index (κ2) is 10.6. The standard InChI is InChI=1S/C27H28ClNO3/c28-21-10-13-27(26(15-21)20-6-2-1-3-7-20)32-25-17-22(29)16-24(18-25)31-23-11-8-19(9-12-23)5-4-14-30/h8-18,20H,1-7,29H2. The maximum atomic E-state index is 10.6. The van der Waals surface area contributed by atoms with Gasteiger partial charge in [0.1, 0.15) is 29.3 Å². The van der Waals surface area contributed by atoms with Crippen LogP contribution in [0.15, 0.2) is 60.7 Å². The summed E-state index contributed by atoms with van der Waals surface area (Å²) in [5.74, 6) is 3.21. The molecule has 1 aliphatic rings. The molecule has 4 nitrogen and oxygen atoms in total. The van der Waals surface area contributed by atoms with E-state index in [0.29, 0.717) is 35.3 Å². The Bertz CT molecular complexity index is 1060. The fraction of sp³-hybridized carbons (Fsp3) is 0.296. The summed E-state index contributed by atoms with van der Waals surface area (Å²) in [5, 5.41) is 0.728. The van der Waals surface area contributed by atoms with Gasteiger partial charge in [-0.2, -0.15) is 0 Å². The van der Waals surface area contributed by atoms with Crippen molar-refractivity contribution in [1.29, 1.82) is 0 Å². The van der Waals surface area contributed by atoms with E-state index in [-0.39, 0.29) is 0 Å². The molecule has 1 saturated carbocycles. The highest BCUT2D eigenvalue weighted by atomic mass is 35.5. The first-order valence-corrected chi connectivity index (χ1v) is 11.6. The van der Waals surface area contributed by atoms with Crippen molar-refractivity contribution in [2.24, 2.45) is 0 Å². The molecule has 0 saturated heterocycles. The number of ether oxygens (including phenoxy) is 2. The second-order valence-corrected chi connectivity index (χ2v) is 8.74. The van der Waals surface area contributed by atoms with E-state index >= 15 is 0 Å². The van der Waals surface area contributed by atoms with Crippen LogP contribution in [0.3, 0.4) is 0 Å². The first-order valence-electron chi connectivity index (χ1n) is 11.2. The molecule has 5 heteroatoms. The van der Waals surface area contributed by atoms with Crippen LogP contribution in [0.2, 0.25) is 5.02 Å². The fourth-order valence-corrected chi connectivity index (χ4v) is 4.45. The number of anilines is 1. The molecule has 0 amide bonds. The zero-order valence-corrected chi connectivity index (χ0v) is 18.8. The van der Waals surface area contributed by atoms with Gasteiger partial charge in [-0.1, -0.05) is 43.0 Å². The maximum Gasteiger partial charge on any atom is 0.133 e. The zero-order chi connectivity index (χ0) is 22.3. The van der Waals surface area contributed by atoms with E-state index in [9.17, 15) is 4.79 Å². The van der Waals surface area contributed by atoms with Crippen molar-refractivity contribution in [2.45, 2.75) is 50.9 Å². The van der Waals surface area contributed by atoms with Gasteiger partial charge in [0.05, 0.1) is 0 Å². The molecule has 0 bridgehead atoms. The predicted molar refractivity (Wildman–Crippen MR) is 129 cm³/mol. The molecule has 3 aromatic carbocycles. The van der Waals surface area contributed by atoms with Gasteiger partial charge in [-0.15, -0.1) is 0 Å². The number of aldehydes is 1. The third kappa shape index (κ3) is 5.83. The molecule has 166 valence electrons. The highest BCUT2D eigenvalue weighted by Crippen LogP contribution is 2.41. The molecule has 0 radical (unpaired) electrons. The van der Waals surface area contributed by atoms with Gasteiger partial charge in [0, 0.05) is 35.3 Å². The minimum Gasteiger partial charge on any atom is -0.457 e. The lowest BCUT2D eigenvalue weighted by molar-refractivity contribution is -0.107. The van der Waals surface area contributed by atoms with E-state index in [0.717, 1.165) is 47.4 Å². The quantitative estimate of drug-likeness (QED) is 0.283. The van der Waals surface area contributed by atoms with Gasteiger partial charge in [-0.3, -0.25) is 0 Å². The first-order chi connectivity index (χ1) is 15.6. The summed E-state index contributed by atoms with van der Waals surface area (Å²) >= 11 is 6.31. The van der Waals surface area contributed by atoms with E-state index in [1.807, 2.05) is 48.5 Å². The lowest BCUT2D eigenvalue weighted by Gasteiger charge is -2.24. The van der Waals surface area contributed by atoms with E-state index in [4.69, 9.17) is 26.8 Å². The van der Waals surface area contributed by atoms with Crippen LogP contribution in [0.4, 0.5) is 5.69 Å². The monoisotopic (exact) mass is 449 g/mol. The number of nitrogen functional groups attached to an aromatic ring is 1. The zero-order valence-electron chi connectivity index (χ0n) is 18.1. The van der Waals surface area contributed by atoms with Crippen LogP contribution in [-0.2, 0) is 11.2 Å². The fourth-order valence-electron chi connectivity index (χ4n) is 4.27. The van der Waals surface area contributed by atoms with Crippen LogP contribution in [0, 0.1) is 0 Å². The van der Waals surface area contributed by atoms with E-state index < -0.39 is 0 Å². The van der Waals surface area contributed by atoms with Crippen molar-refractivity contribution >= 4 is 23.6 Å². The van der Waals surface area contributed by atoms with Gasteiger partial charge in [0.2, 0.25) is 0 Å². The molecule has 0 spiro atoms. The van der Waals surface area contributed by atoms with Crippen molar-refractivity contribution in [3.05, 3.63) is 76.8 Å². The summed E-state index contributed by atoms with van der Waals surface area (Å²) in [5.41, 5.74) is 8.96. The summed E-state index contributed by atoms with van der Waals surface area (Å²) in [4.78, 5) is 10.6. The van der Waals surface area contributed by atoms with Crippen molar-refractivity contribution in [3.8, 4) is 23.0 Å². The summed E-state index contributed by atoms with van der Waals surface area (Å²) in [6.07, 6.45) is 8.26. The number of hydrogen-bond donors (Lipinski definition) is 1. The van der Waals surface area contributed by atoms with Gasteiger partial charge in [0.15, 0.2) is 0 Å². The van der Waals surface area contributed by atoms with Gasteiger partial charge in [0.25, 0.3) is 0 Å². The minimum absolute atomic E-state index is 0.465. The van der Waals surface area contributed by atoms with Crippen molar-refractivity contribution in [2.75, 3.05) is 5.73 Å². The Hall–Kier alpha value is -2.98. The molecule has 2 N–H and O–H groups in total. The van der Waals surface area contributed by atoms with Crippen LogP contribution < -0.4 is 15.2 Å². The predicted octanol–water partition coefficient (Wildman–Crippen LogP) is 7.69. The lowest BCUT2D eigenvalue weighted by atomic mass is 9.84. The van der Waals surface area contributed by atoms with E-state index in [2.05, 4.69) is 0 Å². The van der Waals surface area contributed by atoms with Crippen molar-refractivity contribution in [1.82, 2.24) is 0 Å². The number of rotatable bonds is 8. The van der Waals surface area contributed by atoms with E-state index in [1.54, 1.807) is 12.1 Å². The number of aryl methyl sites for hydroxylation is 1. The highest BCUT2D eigenvalue weighted by Gasteiger charge is 2.20. The lowest BCUT2D eigenvalue weighted by Crippen LogP contribution is -2.06. The maximum absolute atomic E-state index is 10.6. The summed E-state index contributed by atoms with van der Waals surface area (Å²) in [6.45, 7) is 0. The summed E-state index contributed by atoms with van der Waals surface area (Å²) in [7, 11) is 0. The van der Waals surface area contributed by atoms with Gasteiger partial charge in [-0.25, -0.2) is 0 Å². The average molecular weight is 450 g/mol. The Morgan fingerprint density at radius 3 is 2.31 bits per heavy atom. The van der Waals surface area contributed by atoms with Gasteiger partial charge in [-0.05, 0) is 66.6 Å². The van der Waals surface area contributed by atoms with Gasteiger partial charge >= 0.3 is 0 Å². The third-order valence-electron chi connectivity index (χ3n) is 5.86. The average Bonchev–Trinajstić information content (AvgIpc) is 2.80. The Kier molecular flexibility index (Phi) is 7.33. The van der Waals surface area contributed by atoms with Crippen LogP contribution >= 0.6 is 11.6 Å². The molecule has 0 heterocycles. The number of benzene rings is 3. The van der Waals surface area contributed by atoms with Crippen LogP contribution in [0.1, 0.15) is 55.6 Å². The minimum atomic E-state index is 0.465. The molecule has 3 aromatic rings. The van der Waals surface area contributed by atoms with Crippen LogP contribution in [0.25, 0.3) is 0 Å². The molecule has 32 heavy (non-hydrogen) atoms. The number of carbonyl (C=O) groups is 1. The van der Waals surface area contributed by atoms with Gasteiger partial charge < -0.3 is 20.0 Å². The SMILES string of the molecule is Nc1cc(Oc2ccc(CCC=O)cc2)cc(Oc2ccc(Cl)cc2C2CCCCC2)c1. The van der Waals surface area contributed by atoms with Crippen LogP contribution in [-0.4, -0.2) is 6.29 Å². The van der Waals surface area contributed by atoms with Crippen molar-refractivity contribution in [3.63, 3.8) is 0 Å². The summed E-state index contributed by atoms with van der Waals surface area (Å²) < 4.78 is 12.3.